The van der Waals surface area contributed by atoms with E-state index in [1.807, 2.05) is 0 Å². The highest BCUT2D eigenvalue weighted by Gasteiger charge is 2.20. The number of benzene rings is 2. The molecule has 0 aliphatic heterocycles. The molecule has 4 nitrogen and oxygen atoms in total. The van der Waals surface area contributed by atoms with Crippen LogP contribution in [-0.2, 0) is 0 Å². The molecule has 0 unspecified atom stereocenters. The Balaban J connectivity index is 2.45. The van der Waals surface area contributed by atoms with Crippen LogP contribution in [0.25, 0.3) is 22.0 Å². The summed E-state index contributed by atoms with van der Waals surface area (Å²) >= 11 is 5.54. The first-order valence-electron chi connectivity index (χ1n) is 5.97. The largest absolute Gasteiger partial charge is 0.504 e. The molecule has 3 rings (SSSR count). The van der Waals surface area contributed by atoms with Gasteiger partial charge in [-0.1, -0.05) is 11.6 Å². The molecular formula is C14H7ClF3N3O. The molecule has 0 radical (unpaired) electrons. The lowest BCUT2D eigenvalue weighted by Gasteiger charge is -2.11. The lowest BCUT2D eigenvalue weighted by Crippen LogP contribution is -1.98. The molecule has 0 amide bonds. The number of nitrogens with two attached hydrogens (primary N) is 1. The van der Waals surface area contributed by atoms with E-state index in [0.29, 0.717) is 0 Å². The minimum atomic E-state index is -1.06. The smallest absolute Gasteiger partial charge is 0.166 e. The molecule has 0 bridgehead atoms. The van der Waals surface area contributed by atoms with Crippen molar-refractivity contribution in [1.29, 1.82) is 0 Å². The molecule has 2 aromatic carbocycles. The van der Waals surface area contributed by atoms with E-state index in [9.17, 15) is 18.3 Å². The van der Waals surface area contributed by atoms with Crippen molar-refractivity contribution in [2.24, 2.45) is 0 Å². The van der Waals surface area contributed by atoms with E-state index in [1.165, 1.54) is 0 Å². The summed E-state index contributed by atoms with van der Waals surface area (Å²) in [5.41, 5.74) is 5.43. The summed E-state index contributed by atoms with van der Waals surface area (Å²) in [5.74, 6) is -3.96. The lowest BCUT2D eigenvalue weighted by atomic mass is 10.0. The van der Waals surface area contributed by atoms with Crippen LogP contribution in [0.2, 0.25) is 5.02 Å². The monoisotopic (exact) mass is 325 g/mol. The summed E-state index contributed by atoms with van der Waals surface area (Å²) in [5, 5.41) is 8.89. The molecule has 0 saturated carbocycles. The normalized spacial score (nSPS) is 11.1. The van der Waals surface area contributed by atoms with Crippen molar-refractivity contribution >= 4 is 28.3 Å². The molecular weight excluding hydrogens is 319 g/mol. The third-order valence-corrected chi connectivity index (χ3v) is 3.54. The van der Waals surface area contributed by atoms with Crippen LogP contribution in [0.15, 0.2) is 24.5 Å². The van der Waals surface area contributed by atoms with E-state index < -0.39 is 28.2 Å². The van der Waals surface area contributed by atoms with Crippen molar-refractivity contribution in [3.63, 3.8) is 0 Å². The van der Waals surface area contributed by atoms with Crippen molar-refractivity contribution in [1.82, 2.24) is 9.97 Å². The number of phenolic OH excluding ortho intramolecular Hbond substituents is 1. The van der Waals surface area contributed by atoms with Crippen molar-refractivity contribution < 1.29 is 18.3 Å². The summed E-state index contributed by atoms with van der Waals surface area (Å²) in [4.78, 5) is 7.55. The van der Waals surface area contributed by atoms with Gasteiger partial charge in [0.15, 0.2) is 17.4 Å². The second-order valence-electron chi connectivity index (χ2n) is 4.46. The van der Waals surface area contributed by atoms with Gasteiger partial charge in [0.1, 0.15) is 23.0 Å². The zero-order chi connectivity index (χ0) is 16.0. The molecule has 1 heterocycles. The second-order valence-corrected chi connectivity index (χ2v) is 4.84. The predicted molar refractivity (Wildman–Crippen MR) is 75.9 cm³/mol. The Bertz CT molecular complexity index is 918. The minimum Gasteiger partial charge on any atom is -0.504 e. The number of hydrogen-bond acceptors (Lipinski definition) is 4. The van der Waals surface area contributed by atoms with Crippen LogP contribution in [0, 0.1) is 17.5 Å². The molecule has 1 aromatic heterocycles. The van der Waals surface area contributed by atoms with E-state index in [2.05, 4.69) is 9.97 Å². The van der Waals surface area contributed by atoms with Crippen molar-refractivity contribution in [3.05, 3.63) is 47.0 Å². The third kappa shape index (κ3) is 2.01. The fraction of sp³-hybridized carbons (Fsp3) is 0. The van der Waals surface area contributed by atoms with E-state index >= 15 is 0 Å². The molecule has 8 heteroatoms. The molecule has 0 aliphatic carbocycles. The Kier molecular flexibility index (Phi) is 3.29. The molecule has 0 atom stereocenters. The maximum atomic E-state index is 14.2. The maximum Gasteiger partial charge on any atom is 0.166 e. The Labute approximate surface area is 127 Å². The minimum absolute atomic E-state index is 0.0213. The fourth-order valence-electron chi connectivity index (χ4n) is 2.16. The van der Waals surface area contributed by atoms with E-state index in [1.54, 1.807) is 0 Å². The lowest BCUT2D eigenvalue weighted by molar-refractivity contribution is 0.439. The summed E-state index contributed by atoms with van der Waals surface area (Å²) in [6, 6.07) is 2.92. The predicted octanol–water partition coefficient (Wildman–Crippen LogP) is 3.66. The van der Waals surface area contributed by atoms with Crippen LogP contribution in [0.3, 0.4) is 0 Å². The number of nitrogens with zero attached hydrogens (tertiary/aromatic N) is 2. The summed E-state index contributed by atoms with van der Waals surface area (Å²) < 4.78 is 41.3. The number of rotatable bonds is 1. The second kappa shape index (κ2) is 5.03. The number of nitrogen functional groups attached to an aromatic ring is 1. The molecule has 0 saturated heterocycles. The number of anilines is 1. The van der Waals surface area contributed by atoms with Crippen LogP contribution in [0.5, 0.6) is 5.75 Å². The molecule has 112 valence electrons. The number of aromatic hydroxyl groups is 1. The zero-order valence-corrected chi connectivity index (χ0v) is 11.5. The number of halogens is 4. The topological polar surface area (TPSA) is 72.0 Å². The van der Waals surface area contributed by atoms with Gasteiger partial charge in [-0.05, 0) is 18.2 Å². The van der Waals surface area contributed by atoms with Gasteiger partial charge in [-0.3, -0.25) is 0 Å². The van der Waals surface area contributed by atoms with Crippen LogP contribution in [-0.4, -0.2) is 15.1 Å². The third-order valence-electron chi connectivity index (χ3n) is 3.19. The van der Waals surface area contributed by atoms with Crippen LogP contribution >= 0.6 is 11.6 Å². The van der Waals surface area contributed by atoms with Gasteiger partial charge in [0.05, 0.1) is 10.9 Å². The number of hydrogen-bond donors (Lipinski definition) is 2. The first-order valence-corrected chi connectivity index (χ1v) is 6.35. The van der Waals surface area contributed by atoms with Crippen molar-refractivity contribution in [2.75, 3.05) is 5.73 Å². The van der Waals surface area contributed by atoms with Gasteiger partial charge in [0.2, 0.25) is 0 Å². The van der Waals surface area contributed by atoms with Gasteiger partial charge in [-0.15, -0.1) is 0 Å². The molecule has 3 N–H and O–H groups in total. The zero-order valence-electron chi connectivity index (χ0n) is 10.7. The summed E-state index contributed by atoms with van der Waals surface area (Å²) in [6.45, 7) is 0. The summed E-state index contributed by atoms with van der Waals surface area (Å²) in [7, 11) is 0. The highest BCUT2D eigenvalue weighted by Crippen LogP contribution is 2.39. The average molecular weight is 326 g/mol. The van der Waals surface area contributed by atoms with Gasteiger partial charge >= 0.3 is 0 Å². The van der Waals surface area contributed by atoms with Gasteiger partial charge in [0, 0.05) is 11.1 Å². The highest BCUT2D eigenvalue weighted by molar-refractivity contribution is 6.31. The quantitative estimate of drug-likeness (QED) is 0.670. The first-order chi connectivity index (χ1) is 10.4. The van der Waals surface area contributed by atoms with Crippen LogP contribution in [0.4, 0.5) is 19.0 Å². The Morgan fingerprint density at radius 2 is 1.77 bits per heavy atom. The average Bonchev–Trinajstić information content (AvgIpc) is 2.49. The first kappa shape index (κ1) is 14.4. The standard InChI is InChI=1S/C14H7ClF3N3O/c15-10-7(16)2-1-5(11(10)18)6-3-8(17)13(22)9-12(6)20-4-21-14(9)19/h1-4,22H,(H2,19,20,21). The molecule has 22 heavy (non-hydrogen) atoms. The molecule has 0 spiro atoms. The Morgan fingerprint density at radius 3 is 2.50 bits per heavy atom. The molecule has 3 aromatic rings. The Hall–Kier alpha value is -2.54. The molecule has 0 aliphatic rings. The number of aromatic nitrogens is 2. The number of phenols is 1. The van der Waals surface area contributed by atoms with Crippen molar-refractivity contribution in [3.8, 4) is 16.9 Å². The van der Waals surface area contributed by atoms with Crippen molar-refractivity contribution in [2.45, 2.75) is 0 Å². The fourth-order valence-corrected chi connectivity index (χ4v) is 2.32. The highest BCUT2D eigenvalue weighted by atomic mass is 35.5. The maximum absolute atomic E-state index is 14.2. The summed E-state index contributed by atoms with van der Waals surface area (Å²) in [6.07, 6.45) is 1.08. The Morgan fingerprint density at radius 1 is 1.05 bits per heavy atom. The molecule has 0 fully saturated rings. The van der Waals surface area contributed by atoms with E-state index in [-0.39, 0.29) is 27.8 Å². The van der Waals surface area contributed by atoms with Gasteiger partial charge in [-0.25, -0.2) is 23.1 Å². The van der Waals surface area contributed by atoms with E-state index in [0.717, 1.165) is 24.5 Å². The van der Waals surface area contributed by atoms with E-state index in [4.69, 9.17) is 17.3 Å². The van der Waals surface area contributed by atoms with Crippen LogP contribution < -0.4 is 5.73 Å². The van der Waals surface area contributed by atoms with Gasteiger partial charge in [-0.2, -0.15) is 0 Å². The number of fused-ring (bicyclic) bond motifs is 1. The SMILES string of the molecule is Nc1ncnc2c(-c3ccc(F)c(Cl)c3F)cc(F)c(O)c12. The van der Waals surface area contributed by atoms with Gasteiger partial charge in [0.25, 0.3) is 0 Å². The van der Waals surface area contributed by atoms with Gasteiger partial charge < -0.3 is 10.8 Å². The van der Waals surface area contributed by atoms with Crippen LogP contribution in [0.1, 0.15) is 0 Å².